The van der Waals surface area contributed by atoms with E-state index in [4.69, 9.17) is 15.7 Å². The van der Waals surface area contributed by atoms with Crippen LogP contribution in [0, 0.1) is 5.92 Å². The lowest BCUT2D eigenvalue weighted by molar-refractivity contribution is -0.125. The maximum absolute atomic E-state index is 11.7. The Morgan fingerprint density at radius 3 is 3.00 bits per heavy atom. The molecule has 2 unspecified atom stereocenters. The number of carbonyl (C=O) groups is 1. The standard InChI is InChI=1S/C9H17N3O3/c1-2-7(8(10)12-14)11-9(13)6-3-4-15-5-6/h6-7,14H,2-5H2,1H3,(H2,10,12)(H,11,13). The summed E-state index contributed by atoms with van der Waals surface area (Å²) in [7, 11) is 0. The van der Waals surface area contributed by atoms with Crippen molar-refractivity contribution >= 4 is 11.7 Å². The predicted molar refractivity (Wildman–Crippen MR) is 54.6 cm³/mol. The highest BCUT2D eigenvalue weighted by molar-refractivity contribution is 5.90. The summed E-state index contributed by atoms with van der Waals surface area (Å²) in [5, 5.41) is 14.1. The molecule has 4 N–H and O–H groups in total. The zero-order valence-electron chi connectivity index (χ0n) is 8.77. The first-order valence-electron chi connectivity index (χ1n) is 5.04. The first-order valence-corrected chi connectivity index (χ1v) is 5.04. The number of nitrogens with two attached hydrogens (primary N) is 1. The molecule has 0 aliphatic carbocycles. The highest BCUT2D eigenvalue weighted by atomic mass is 16.5. The number of nitrogens with one attached hydrogen (secondary N) is 1. The van der Waals surface area contributed by atoms with Crippen LogP contribution in [-0.4, -0.2) is 36.2 Å². The summed E-state index contributed by atoms with van der Waals surface area (Å²) in [5.41, 5.74) is 5.43. The Kier molecular flexibility index (Phi) is 4.36. The van der Waals surface area contributed by atoms with Gasteiger partial charge in [-0.15, -0.1) is 0 Å². The molecule has 1 aliphatic rings. The van der Waals surface area contributed by atoms with Gasteiger partial charge >= 0.3 is 0 Å². The van der Waals surface area contributed by atoms with Crippen LogP contribution >= 0.6 is 0 Å². The van der Waals surface area contributed by atoms with E-state index >= 15 is 0 Å². The molecule has 1 amide bonds. The molecule has 15 heavy (non-hydrogen) atoms. The first kappa shape index (κ1) is 11.8. The maximum atomic E-state index is 11.7. The summed E-state index contributed by atoms with van der Waals surface area (Å²) in [6, 6.07) is -0.400. The molecule has 0 saturated carbocycles. The molecule has 1 saturated heterocycles. The van der Waals surface area contributed by atoms with Crippen molar-refractivity contribution in [3.63, 3.8) is 0 Å². The summed E-state index contributed by atoms with van der Waals surface area (Å²) in [6.45, 7) is 2.94. The summed E-state index contributed by atoms with van der Waals surface area (Å²) < 4.78 is 5.11. The van der Waals surface area contributed by atoms with Crippen LogP contribution < -0.4 is 11.1 Å². The molecule has 0 spiro atoms. The molecule has 0 aromatic rings. The van der Waals surface area contributed by atoms with E-state index in [1.165, 1.54) is 0 Å². The van der Waals surface area contributed by atoms with E-state index in [1.807, 2.05) is 6.92 Å². The average molecular weight is 215 g/mol. The van der Waals surface area contributed by atoms with E-state index in [1.54, 1.807) is 0 Å². The molecule has 1 fully saturated rings. The SMILES string of the molecule is CCC(NC(=O)C1CCOC1)C(N)=NO. The Bertz CT molecular complexity index is 249. The Balaban J connectivity index is 2.47. The Morgan fingerprint density at radius 1 is 1.80 bits per heavy atom. The third-order valence-electron chi connectivity index (χ3n) is 2.50. The van der Waals surface area contributed by atoms with Gasteiger partial charge in [-0.25, -0.2) is 0 Å². The lowest BCUT2D eigenvalue weighted by atomic mass is 10.1. The van der Waals surface area contributed by atoms with Crippen molar-refractivity contribution in [2.24, 2.45) is 16.8 Å². The van der Waals surface area contributed by atoms with Crippen molar-refractivity contribution < 1.29 is 14.7 Å². The summed E-state index contributed by atoms with van der Waals surface area (Å²) >= 11 is 0. The normalized spacial score (nSPS) is 23.8. The lowest BCUT2D eigenvalue weighted by Gasteiger charge is -2.17. The Morgan fingerprint density at radius 2 is 2.53 bits per heavy atom. The minimum Gasteiger partial charge on any atom is -0.409 e. The first-order chi connectivity index (χ1) is 7.19. The van der Waals surface area contributed by atoms with E-state index in [0.717, 1.165) is 6.42 Å². The van der Waals surface area contributed by atoms with Crippen LogP contribution in [0.2, 0.25) is 0 Å². The van der Waals surface area contributed by atoms with Crippen LogP contribution in [0.25, 0.3) is 0 Å². The van der Waals surface area contributed by atoms with Gasteiger partial charge in [-0.05, 0) is 12.8 Å². The molecule has 6 heteroatoms. The van der Waals surface area contributed by atoms with Crippen LogP contribution in [0.3, 0.4) is 0 Å². The summed E-state index contributed by atoms with van der Waals surface area (Å²) in [6.07, 6.45) is 1.33. The molecule has 2 atom stereocenters. The second-order valence-electron chi connectivity index (χ2n) is 3.55. The molecule has 0 radical (unpaired) electrons. The van der Waals surface area contributed by atoms with E-state index in [0.29, 0.717) is 19.6 Å². The van der Waals surface area contributed by atoms with Gasteiger partial charge in [0.1, 0.15) is 0 Å². The van der Waals surface area contributed by atoms with Gasteiger partial charge in [0.25, 0.3) is 0 Å². The predicted octanol–water partition coefficient (Wildman–Crippen LogP) is -0.336. The number of rotatable bonds is 4. The third-order valence-corrected chi connectivity index (χ3v) is 2.50. The molecule has 0 aromatic heterocycles. The topological polar surface area (TPSA) is 96.9 Å². The molecule has 1 aliphatic heterocycles. The van der Waals surface area contributed by atoms with Crippen molar-refractivity contribution in [2.45, 2.75) is 25.8 Å². The van der Waals surface area contributed by atoms with Gasteiger partial charge in [-0.1, -0.05) is 12.1 Å². The Labute approximate surface area is 88.5 Å². The highest BCUT2D eigenvalue weighted by Gasteiger charge is 2.26. The van der Waals surface area contributed by atoms with Crippen LogP contribution in [0.15, 0.2) is 5.16 Å². The molecule has 1 heterocycles. The minimum atomic E-state index is -0.400. The molecular weight excluding hydrogens is 198 g/mol. The summed E-state index contributed by atoms with van der Waals surface area (Å²) in [4.78, 5) is 11.7. The monoisotopic (exact) mass is 215 g/mol. The van der Waals surface area contributed by atoms with Crippen molar-refractivity contribution in [3.05, 3.63) is 0 Å². The number of hydrogen-bond acceptors (Lipinski definition) is 4. The van der Waals surface area contributed by atoms with Gasteiger partial charge in [0, 0.05) is 6.61 Å². The highest BCUT2D eigenvalue weighted by Crippen LogP contribution is 2.12. The Hall–Kier alpha value is -1.30. The fourth-order valence-corrected chi connectivity index (χ4v) is 1.49. The molecular formula is C9H17N3O3. The zero-order chi connectivity index (χ0) is 11.3. The van der Waals surface area contributed by atoms with Crippen molar-refractivity contribution in [1.82, 2.24) is 5.32 Å². The van der Waals surface area contributed by atoms with Gasteiger partial charge in [0.2, 0.25) is 5.91 Å². The van der Waals surface area contributed by atoms with Gasteiger partial charge in [-0.2, -0.15) is 0 Å². The minimum absolute atomic E-state index is 0.0322. The fourth-order valence-electron chi connectivity index (χ4n) is 1.49. The second-order valence-corrected chi connectivity index (χ2v) is 3.55. The largest absolute Gasteiger partial charge is 0.409 e. The zero-order valence-corrected chi connectivity index (χ0v) is 8.77. The molecule has 1 rings (SSSR count). The summed E-state index contributed by atoms with van der Waals surface area (Å²) in [5.74, 6) is -0.166. The van der Waals surface area contributed by atoms with Gasteiger partial charge in [0.15, 0.2) is 5.84 Å². The van der Waals surface area contributed by atoms with Crippen LogP contribution in [0.5, 0.6) is 0 Å². The van der Waals surface area contributed by atoms with E-state index in [-0.39, 0.29) is 17.7 Å². The third kappa shape index (κ3) is 3.09. The number of hydrogen-bond donors (Lipinski definition) is 3. The van der Waals surface area contributed by atoms with Crippen molar-refractivity contribution in [1.29, 1.82) is 0 Å². The van der Waals surface area contributed by atoms with Crippen molar-refractivity contribution in [2.75, 3.05) is 13.2 Å². The number of amidine groups is 1. The van der Waals surface area contributed by atoms with Gasteiger partial charge in [0.05, 0.1) is 18.6 Å². The van der Waals surface area contributed by atoms with Gasteiger partial charge < -0.3 is 21.0 Å². The second kappa shape index (κ2) is 5.55. The maximum Gasteiger partial charge on any atom is 0.226 e. The number of oxime groups is 1. The molecule has 0 aromatic carbocycles. The number of ether oxygens (including phenoxy) is 1. The number of carbonyl (C=O) groups excluding carboxylic acids is 1. The van der Waals surface area contributed by atoms with Crippen molar-refractivity contribution in [3.8, 4) is 0 Å². The molecule has 0 bridgehead atoms. The molecule has 6 nitrogen and oxygen atoms in total. The number of amides is 1. The lowest BCUT2D eigenvalue weighted by Crippen LogP contribution is -2.46. The van der Waals surface area contributed by atoms with Crippen LogP contribution in [0.4, 0.5) is 0 Å². The number of nitrogens with zero attached hydrogens (tertiary/aromatic N) is 1. The quantitative estimate of drug-likeness (QED) is 0.259. The van der Waals surface area contributed by atoms with Crippen LogP contribution in [0.1, 0.15) is 19.8 Å². The smallest absolute Gasteiger partial charge is 0.226 e. The van der Waals surface area contributed by atoms with Gasteiger partial charge in [-0.3, -0.25) is 4.79 Å². The fraction of sp³-hybridized carbons (Fsp3) is 0.778. The van der Waals surface area contributed by atoms with E-state index in [9.17, 15) is 4.79 Å². The van der Waals surface area contributed by atoms with Crippen LogP contribution in [-0.2, 0) is 9.53 Å². The average Bonchev–Trinajstić information content (AvgIpc) is 2.77. The van der Waals surface area contributed by atoms with E-state index < -0.39 is 6.04 Å². The van der Waals surface area contributed by atoms with E-state index in [2.05, 4.69) is 10.5 Å². The molecule has 86 valence electrons.